The molecule has 5 nitrogen and oxygen atoms in total. The number of hydrogen-bond donors (Lipinski definition) is 1. The third-order valence-corrected chi connectivity index (χ3v) is 8.53. The average molecular weight is 544 g/mol. The summed E-state index contributed by atoms with van der Waals surface area (Å²) in [5, 5.41) is 3.59. The Morgan fingerprint density at radius 2 is 1.70 bits per heavy atom. The highest BCUT2D eigenvalue weighted by Gasteiger charge is 2.45. The van der Waals surface area contributed by atoms with E-state index in [-0.39, 0.29) is 12.2 Å². The van der Waals surface area contributed by atoms with Crippen molar-refractivity contribution in [2.45, 2.75) is 90.3 Å². The lowest BCUT2D eigenvalue weighted by atomic mass is 9.86. The van der Waals surface area contributed by atoms with Crippen LogP contribution in [0.15, 0.2) is 66.7 Å². The molecule has 2 unspecified atom stereocenters. The summed E-state index contributed by atoms with van der Waals surface area (Å²) in [4.78, 5) is 0. The van der Waals surface area contributed by atoms with Crippen LogP contribution in [0.3, 0.4) is 0 Å². The second kappa shape index (κ2) is 13.1. The fourth-order valence-corrected chi connectivity index (χ4v) is 6.04. The van der Waals surface area contributed by atoms with E-state index < -0.39 is 5.60 Å². The van der Waals surface area contributed by atoms with E-state index in [1.165, 1.54) is 48.8 Å². The Kier molecular flexibility index (Phi) is 9.33. The van der Waals surface area contributed by atoms with Gasteiger partial charge in [-0.2, -0.15) is 0 Å². The molecule has 2 atom stereocenters. The first-order chi connectivity index (χ1) is 19.4. The smallest absolute Gasteiger partial charge is 0.132 e. The van der Waals surface area contributed by atoms with Crippen molar-refractivity contribution in [1.29, 1.82) is 0 Å². The Labute approximate surface area is 240 Å². The van der Waals surface area contributed by atoms with Crippen LogP contribution in [0.4, 0.5) is 5.69 Å². The summed E-state index contributed by atoms with van der Waals surface area (Å²) in [6, 6.07) is 22.9. The molecule has 0 bridgehead atoms. The number of methoxy groups -OCH3 is 1. The third-order valence-electron chi connectivity index (χ3n) is 8.53. The van der Waals surface area contributed by atoms with Crippen LogP contribution in [0.2, 0.25) is 0 Å². The molecule has 1 aliphatic heterocycles. The van der Waals surface area contributed by atoms with Gasteiger partial charge in [0.15, 0.2) is 0 Å². The third kappa shape index (κ3) is 7.00. The first-order valence-corrected chi connectivity index (χ1v) is 14.9. The lowest BCUT2D eigenvalue weighted by molar-refractivity contribution is -0.168. The largest absolute Gasteiger partial charge is 0.497 e. The predicted octanol–water partition coefficient (Wildman–Crippen LogP) is 8.40. The number of benzene rings is 3. The van der Waals surface area contributed by atoms with Crippen molar-refractivity contribution in [3.8, 4) is 11.5 Å². The minimum atomic E-state index is -0.538. The van der Waals surface area contributed by atoms with Crippen molar-refractivity contribution >= 4 is 5.69 Å². The van der Waals surface area contributed by atoms with Crippen LogP contribution in [-0.4, -0.2) is 25.4 Å². The van der Waals surface area contributed by atoms with Gasteiger partial charge in [0, 0.05) is 24.4 Å². The van der Waals surface area contributed by atoms with E-state index in [9.17, 15) is 0 Å². The van der Waals surface area contributed by atoms with Crippen molar-refractivity contribution in [2.75, 3.05) is 19.0 Å². The van der Waals surface area contributed by atoms with Gasteiger partial charge in [-0.15, -0.1) is 0 Å². The summed E-state index contributed by atoms with van der Waals surface area (Å²) in [6.45, 7) is 8.35. The lowest BCUT2D eigenvalue weighted by Crippen LogP contribution is -2.51. The molecule has 3 aromatic rings. The molecule has 2 aliphatic rings. The highest BCUT2D eigenvalue weighted by molar-refractivity contribution is 5.54. The molecule has 1 heterocycles. The van der Waals surface area contributed by atoms with E-state index in [4.69, 9.17) is 18.9 Å². The molecule has 1 aliphatic carbocycles. The SMILES string of the molecule is COc1ccc(CNc2ccc3c(c2)C(OCCC2CCCCC2)C(OCc2ccccc2C)C(C)(C)O3)cc1. The van der Waals surface area contributed by atoms with E-state index in [1.54, 1.807) is 7.11 Å². The molecule has 0 radical (unpaired) electrons. The summed E-state index contributed by atoms with van der Waals surface area (Å²) < 4.78 is 25.3. The Balaban J connectivity index is 1.36. The number of fused-ring (bicyclic) bond motifs is 1. The zero-order valence-electron chi connectivity index (χ0n) is 24.6. The fraction of sp³-hybridized carbons (Fsp3) is 0.486. The maximum Gasteiger partial charge on any atom is 0.132 e. The molecule has 0 amide bonds. The minimum Gasteiger partial charge on any atom is -0.497 e. The topological polar surface area (TPSA) is 49.0 Å². The quantitative estimate of drug-likeness (QED) is 0.263. The van der Waals surface area contributed by atoms with Gasteiger partial charge >= 0.3 is 0 Å². The van der Waals surface area contributed by atoms with Crippen LogP contribution in [0.1, 0.15) is 80.7 Å². The van der Waals surface area contributed by atoms with Gasteiger partial charge in [-0.05, 0) is 80.1 Å². The van der Waals surface area contributed by atoms with Gasteiger partial charge in [-0.3, -0.25) is 0 Å². The second-order valence-electron chi connectivity index (χ2n) is 11.9. The maximum atomic E-state index is 6.78. The monoisotopic (exact) mass is 543 g/mol. The van der Waals surface area contributed by atoms with Gasteiger partial charge in [-0.25, -0.2) is 0 Å². The zero-order valence-corrected chi connectivity index (χ0v) is 24.6. The Bertz CT molecular complexity index is 1230. The van der Waals surface area contributed by atoms with Crippen molar-refractivity contribution in [3.63, 3.8) is 0 Å². The summed E-state index contributed by atoms with van der Waals surface area (Å²) >= 11 is 0. The zero-order chi connectivity index (χ0) is 28.0. The molecule has 0 spiro atoms. The maximum absolute atomic E-state index is 6.78. The number of rotatable bonds is 11. The van der Waals surface area contributed by atoms with E-state index in [0.717, 1.165) is 48.2 Å². The van der Waals surface area contributed by atoms with Gasteiger partial charge < -0.3 is 24.3 Å². The highest BCUT2D eigenvalue weighted by atomic mass is 16.6. The molecular weight excluding hydrogens is 498 g/mol. The first kappa shape index (κ1) is 28.5. The van der Waals surface area contributed by atoms with E-state index in [1.807, 2.05) is 12.1 Å². The number of nitrogens with one attached hydrogen (secondary N) is 1. The normalized spacial score (nSPS) is 20.4. The molecule has 40 heavy (non-hydrogen) atoms. The molecule has 1 saturated carbocycles. The number of ether oxygens (including phenoxy) is 4. The lowest BCUT2D eigenvalue weighted by Gasteiger charge is -2.44. The summed E-state index contributed by atoms with van der Waals surface area (Å²) in [6.07, 6.45) is 7.37. The van der Waals surface area contributed by atoms with Crippen LogP contribution in [0.5, 0.6) is 11.5 Å². The van der Waals surface area contributed by atoms with Gasteiger partial charge in [0.25, 0.3) is 0 Å². The van der Waals surface area contributed by atoms with Crippen molar-refractivity contribution in [1.82, 2.24) is 0 Å². The molecule has 1 N–H and O–H groups in total. The first-order valence-electron chi connectivity index (χ1n) is 14.9. The standard InChI is InChI=1S/C35H45NO4/c1-25-10-8-9-13-28(25)24-39-34-33(38-21-20-26-11-6-5-7-12-26)31-22-29(16-19-32(31)40-35(34,2)3)36-23-27-14-17-30(37-4)18-15-27/h8-10,13-19,22,26,33-34,36H,5-7,11-12,20-21,23-24H2,1-4H3. The molecule has 3 aromatic carbocycles. The van der Waals surface area contributed by atoms with Crippen LogP contribution >= 0.6 is 0 Å². The number of anilines is 1. The number of aryl methyl sites for hydroxylation is 1. The van der Waals surface area contributed by atoms with Crippen LogP contribution < -0.4 is 14.8 Å². The van der Waals surface area contributed by atoms with E-state index in [2.05, 4.69) is 80.7 Å². The van der Waals surface area contributed by atoms with Gasteiger partial charge in [-0.1, -0.05) is 68.5 Å². The van der Waals surface area contributed by atoms with E-state index >= 15 is 0 Å². The van der Waals surface area contributed by atoms with Crippen molar-refractivity contribution in [2.24, 2.45) is 5.92 Å². The Morgan fingerprint density at radius 3 is 2.45 bits per heavy atom. The Morgan fingerprint density at radius 1 is 0.925 bits per heavy atom. The van der Waals surface area contributed by atoms with Crippen LogP contribution in [0.25, 0.3) is 0 Å². The van der Waals surface area contributed by atoms with E-state index in [0.29, 0.717) is 6.61 Å². The number of hydrogen-bond acceptors (Lipinski definition) is 5. The summed E-state index contributed by atoms with van der Waals surface area (Å²) in [5.41, 5.74) is 5.17. The summed E-state index contributed by atoms with van der Waals surface area (Å²) in [7, 11) is 1.69. The minimum absolute atomic E-state index is 0.214. The Hall–Kier alpha value is -3.02. The molecule has 1 fully saturated rings. The van der Waals surface area contributed by atoms with Gasteiger partial charge in [0.05, 0.1) is 13.7 Å². The van der Waals surface area contributed by atoms with Crippen LogP contribution in [-0.2, 0) is 22.6 Å². The summed E-state index contributed by atoms with van der Waals surface area (Å²) in [5.74, 6) is 2.51. The average Bonchev–Trinajstić information content (AvgIpc) is 2.97. The molecule has 0 aromatic heterocycles. The molecule has 214 valence electrons. The van der Waals surface area contributed by atoms with Crippen LogP contribution in [0, 0.1) is 12.8 Å². The predicted molar refractivity (Wildman–Crippen MR) is 161 cm³/mol. The molecule has 5 heteroatoms. The molecule has 5 rings (SSSR count). The van der Waals surface area contributed by atoms with Crippen molar-refractivity contribution in [3.05, 3.63) is 89.0 Å². The fourth-order valence-electron chi connectivity index (χ4n) is 6.04. The van der Waals surface area contributed by atoms with Gasteiger partial charge in [0.1, 0.15) is 29.3 Å². The highest BCUT2D eigenvalue weighted by Crippen LogP contribution is 2.45. The second-order valence-corrected chi connectivity index (χ2v) is 11.9. The van der Waals surface area contributed by atoms with Crippen molar-refractivity contribution < 1.29 is 18.9 Å². The molecular formula is C35H45NO4. The molecule has 0 saturated heterocycles. The van der Waals surface area contributed by atoms with Gasteiger partial charge in [0.2, 0.25) is 0 Å².